The van der Waals surface area contributed by atoms with Gasteiger partial charge < -0.3 is 5.32 Å². The van der Waals surface area contributed by atoms with E-state index < -0.39 is 26.5 Å². The van der Waals surface area contributed by atoms with Crippen molar-refractivity contribution in [3.05, 3.63) is 69.8 Å². The van der Waals surface area contributed by atoms with Crippen LogP contribution >= 0.6 is 0 Å². The predicted molar refractivity (Wildman–Crippen MR) is 122 cm³/mol. The predicted octanol–water partition coefficient (Wildman–Crippen LogP) is 1.63. The second-order valence-corrected chi connectivity index (χ2v) is 10.5. The number of piperazine rings is 1. The van der Waals surface area contributed by atoms with Crippen LogP contribution in [0, 0.1) is 17.0 Å². The number of rotatable bonds is 6. The number of urea groups is 1. The number of nitrogens with zero attached hydrogens (tertiary/aromatic N) is 4. The lowest BCUT2D eigenvalue weighted by Crippen LogP contribution is -2.52. The second kappa shape index (κ2) is 8.78. The van der Waals surface area contributed by atoms with Crippen LogP contribution in [0.5, 0.6) is 0 Å². The van der Waals surface area contributed by atoms with Crippen LogP contribution in [0.15, 0.2) is 53.4 Å². The molecule has 0 unspecified atom stereocenters. The molecule has 1 N–H and O–H groups in total. The number of sulfonamides is 1. The minimum absolute atomic E-state index is 0.0190. The maximum atomic E-state index is 13.1. The molecule has 0 bridgehead atoms. The number of benzene rings is 2. The monoisotopic (exact) mass is 487 g/mol. The van der Waals surface area contributed by atoms with Gasteiger partial charge in [-0.05, 0) is 31.5 Å². The first kappa shape index (κ1) is 23.8. The quantitative estimate of drug-likeness (QED) is 0.372. The standard InChI is InChI=1S/C22H25N5O6S/c1-16-3-5-17(6-4-16)22(2)20(28)26(21(29)23-22)15-24-11-13-25(14-12-24)34(32,33)19-9-7-18(8-10-19)27(30)31/h3-10H,11-15H2,1-2H3,(H,23,29)/t22-/m1/s1. The Bertz CT molecular complexity index is 1220. The molecule has 0 radical (unpaired) electrons. The van der Waals surface area contributed by atoms with Gasteiger partial charge in [0.25, 0.3) is 11.6 Å². The highest BCUT2D eigenvalue weighted by atomic mass is 32.2. The number of nitro groups is 1. The summed E-state index contributed by atoms with van der Waals surface area (Å²) in [6.07, 6.45) is 0. The van der Waals surface area contributed by atoms with Gasteiger partial charge in [0.1, 0.15) is 5.54 Å². The molecule has 1 atom stereocenters. The molecule has 3 amide bonds. The number of imide groups is 1. The highest BCUT2D eigenvalue weighted by Crippen LogP contribution is 2.29. The fourth-order valence-corrected chi connectivity index (χ4v) is 5.53. The van der Waals surface area contributed by atoms with Crippen molar-refractivity contribution >= 4 is 27.6 Å². The molecule has 2 saturated heterocycles. The first-order valence-electron chi connectivity index (χ1n) is 10.7. The third-order valence-corrected chi connectivity index (χ3v) is 8.17. The molecule has 0 aromatic heterocycles. The summed E-state index contributed by atoms with van der Waals surface area (Å²) in [5, 5.41) is 13.6. The Hall–Kier alpha value is -3.35. The summed E-state index contributed by atoms with van der Waals surface area (Å²) in [5.74, 6) is -0.359. The van der Waals surface area contributed by atoms with Crippen molar-refractivity contribution in [2.75, 3.05) is 32.8 Å². The Kier molecular flexibility index (Phi) is 6.14. The van der Waals surface area contributed by atoms with Gasteiger partial charge in [-0.15, -0.1) is 0 Å². The van der Waals surface area contributed by atoms with Crippen LogP contribution in [0.1, 0.15) is 18.1 Å². The van der Waals surface area contributed by atoms with Gasteiger partial charge >= 0.3 is 6.03 Å². The largest absolute Gasteiger partial charge is 0.326 e. The lowest BCUT2D eigenvalue weighted by molar-refractivity contribution is -0.384. The van der Waals surface area contributed by atoms with Crippen LogP contribution in [0.25, 0.3) is 0 Å². The van der Waals surface area contributed by atoms with Crippen molar-refractivity contribution < 1.29 is 22.9 Å². The summed E-state index contributed by atoms with van der Waals surface area (Å²) in [6, 6.07) is 11.7. The molecule has 0 saturated carbocycles. The second-order valence-electron chi connectivity index (χ2n) is 8.57. The Labute approximate surface area is 197 Å². The molecule has 2 aromatic rings. The van der Waals surface area contributed by atoms with Gasteiger partial charge in [0, 0.05) is 38.3 Å². The molecule has 2 heterocycles. The van der Waals surface area contributed by atoms with Gasteiger partial charge in [-0.1, -0.05) is 29.8 Å². The number of hydrogen-bond acceptors (Lipinski definition) is 7. The molecule has 2 fully saturated rings. The van der Waals surface area contributed by atoms with Gasteiger partial charge in [-0.25, -0.2) is 18.1 Å². The Morgan fingerprint density at radius 1 is 1.00 bits per heavy atom. The molecule has 12 heteroatoms. The van der Waals surface area contributed by atoms with Crippen LogP contribution in [0.2, 0.25) is 0 Å². The topological polar surface area (TPSA) is 133 Å². The summed E-state index contributed by atoms with van der Waals surface area (Å²) < 4.78 is 27.1. The number of aryl methyl sites for hydroxylation is 1. The van der Waals surface area contributed by atoms with Gasteiger partial charge in [0.2, 0.25) is 10.0 Å². The first-order valence-corrected chi connectivity index (χ1v) is 12.1. The molecule has 180 valence electrons. The van der Waals surface area contributed by atoms with Crippen LogP contribution in [-0.2, 0) is 20.4 Å². The summed E-state index contributed by atoms with van der Waals surface area (Å²) >= 11 is 0. The fourth-order valence-electron chi connectivity index (χ4n) is 4.11. The van der Waals surface area contributed by atoms with Gasteiger partial charge in [0.15, 0.2) is 0 Å². The van der Waals surface area contributed by atoms with Crippen molar-refractivity contribution in [2.45, 2.75) is 24.3 Å². The third-order valence-electron chi connectivity index (χ3n) is 6.26. The van der Waals surface area contributed by atoms with Gasteiger partial charge in [-0.2, -0.15) is 4.31 Å². The average molecular weight is 488 g/mol. The molecule has 11 nitrogen and oxygen atoms in total. The zero-order valence-corrected chi connectivity index (χ0v) is 19.6. The minimum atomic E-state index is -3.81. The van der Waals surface area contributed by atoms with E-state index in [4.69, 9.17) is 0 Å². The number of amides is 3. The highest BCUT2D eigenvalue weighted by molar-refractivity contribution is 7.89. The molecule has 0 aliphatic carbocycles. The van der Waals surface area contributed by atoms with E-state index in [-0.39, 0.29) is 36.2 Å². The zero-order chi connectivity index (χ0) is 24.7. The Morgan fingerprint density at radius 2 is 1.59 bits per heavy atom. The molecule has 2 aliphatic rings. The van der Waals surface area contributed by atoms with E-state index in [2.05, 4.69) is 5.32 Å². The van der Waals surface area contributed by atoms with Gasteiger partial charge in [-0.3, -0.25) is 19.8 Å². The number of nitrogens with one attached hydrogen (secondary N) is 1. The van der Waals surface area contributed by atoms with E-state index in [1.54, 1.807) is 6.92 Å². The number of non-ortho nitro benzene ring substituents is 1. The lowest BCUT2D eigenvalue weighted by Gasteiger charge is -2.35. The summed E-state index contributed by atoms with van der Waals surface area (Å²) in [6.45, 7) is 4.64. The van der Waals surface area contributed by atoms with E-state index in [1.807, 2.05) is 36.1 Å². The Morgan fingerprint density at radius 3 is 2.15 bits per heavy atom. The smallest absolute Gasteiger partial charge is 0.319 e. The van der Waals surface area contributed by atoms with Crippen molar-refractivity contribution in [3.8, 4) is 0 Å². The zero-order valence-electron chi connectivity index (χ0n) is 18.8. The molecule has 34 heavy (non-hydrogen) atoms. The highest BCUT2D eigenvalue weighted by Gasteiger charge is 2.49. The third kappa shape index (κ3) is 4.27. The van der Waals surface area contributed by atoms with Crippen molar-refractivity contribution in [3.63, 3.8) is 0 Å². The van der Waals surface area contributed by atoms with Crippen LogP contribution < -0.4 is 5.32 Å². The van der Waals surface area contributed by atoms with Crippen molar-refractivity contribution in [1.29, 1.82) is 0 Å². The average Bonchev–Trinajstić information content (AvgIpc) is 3.03. The number of nitro benzene ring substituents is 1. The molecule has 4 rings (SSSR count). The lowest BCUT2D eigenvalue weighted by atomic mass is 9.91. The summed E-state index contributed by atoms with van der Waals surface area (Å²) in [7, 11) is -3.81. The van der Waals surface area contributed by atoms with E-state index >= 15 is 0 Å². The molecular formula is C22H25N5O6S. The van der Waals surface area contributed by atoms with E-state index in [1.165, 1.54) is 16.4 Å². The van der Waals surface area contributed by atoms with Crippen LogP contribution in [-0.4, -0.2) is 72.2 Å². The SMILES string of the molecule is Cc1ccc([C@@]2(C)NC(=O)N(CN3CCN(S(=O)(=O)c4ccc([N+](=O)[O-])cc4)CC3)C2=O)cc1. The van der Waals surface area contributed by atoms with Crippen molar-refractivity contribution in [2.24, 2.45) is 0 Å². The van der Waals surface area contributed by atoms with Gasteiger partial charge in [0.05, 0.1) is 16.5 Å². The number of hydrogen-bond donors (Lipinski definition) is 1. The fraction of sp³-hybridized carbons (Fsp3) is 0.364. The maximum Gasteiger partial charge on any atom is 0.326 e. The van der Waals surface area contributed by atoms with Crippen molar-refractivity contribution in [1.82, 2.24) is 19.4 Å². The molecular weight excluding hydrogens is 462 g/mol. The van der Waals surface area contributed by atoms with E-state index in [9.17, 15) is 28.1 Å². The normalized spacial score (nSPS) is 22.1. The molecule has 2 aliphatic heterocycles. The summed E-state index contributed by atoms with van der Waals surface area (Å²) in [4.78, 5) is 39.0. The van der Waals surface area contributed by atoms with E-state index in [0.717, 1.165) is 22.6 Å². The number of carbonyl (C=O) groups excluding carboxylic acids is 2. The van der Waals surface area contributed by atoms with Crippen LogP contribution in [0.3, 0.4) is 0 Å². The molecule has 0 spiro atoms. The van der Waals surface area contributed by atoms with Crippen LogP contribution in [0.4, 0.5) is 10.5 Å². The minimum Gasteiger partial charge on any atom is -0.319 e. The summed E-state index contributed by atoms with van der Waals surface area (Å²) in [5.41, 5.74) is 0.390. The molecule has 2 aromatic carbocycles. The number of carbonyl (C=O) groups is 2. The van der Waals surface area contributed by atoms with E-state index in [0.29, 0.717) is 18.7 Å². The first-order chi connectivity index (χ1) is 16.0. The Balaban J connectivity index is 1.40. The maximum absolute atomic E-state index is 13.1.